The van der Waals surface area contributed by atoms with Crippen LogP contribution in [0.2, 0.25) is 0 Å². The molecule has 3 aliphatic heterocycles. The van der Waals surface area contributed by atoms with Gasteiger partial charge < -0.3 is 52.8 Å². The average molecular weight is 655 g/mol. The van der Waals surface area contributed by atoms with Gasteiger partial charge in [0.1, 0.15) is 30.7 Å². The van der Waals surface area contributed by atoms with Gasteiger partial charge in [-0.1, -0.05) is 26.3 Å². The van der Waals surface area contributed by atoms with Crippen LogP contribution in [-0.4, -0.2) is 74.7 Å². The highest BCUT2D eigenvalue weighted by molar-refractivity contribution is 6.04. The SMILES string of the molecule is C#CO.CC.COc1cc2c(OC3CC4OC(C)(C)OC4C(CO)O3)c(COC=O)c(C)c(-c3ccc4c(c3)OCO4)c2cc1OC. The molecule has 4 atom stereocenters. The first kappa shape index (κ1) is 35.4. The number of hydrogen-bond acceptors (Lipinski definition) is 12. The number of aliphatic hydroxyl groups excluding tert-OH is 2. The monoisotopic (exact) mass is 654 g/mol. The van der Waals surface area contributed by atoms with Crippen LogP contribution in [0.25, 0.3) is 21.9 Å². The second kappa shape index (κ2) is 15.5. The molecule has 3 aromatic rings. The Labute approximate surface area is 274 Å². The van der Waals surface area contributed by atoms with E-state index in [0.717, 1.165) is 22.1 Å². The zero-order valence-electron chi connectivity index (χ0n) is 27.7. The van der Waals surface area contributed by atoms with Crippen LogP contribution in [-0.2, 0) is 30.3 Å². The molecule has 0 bridgehead atoms. The highest BCUT2D eigenvalue weighted by Crippen LogP contribution is 2.48. The number of terminal acetylenes is 1. The number of aliphatic hydroxyl groups is 2. The predicted octanol–water partition coefficient (Wildman–Crippen LogP) is 5.22. The van der Waals surface area contributed by atoms with Crippen LogP contribution in [0.3, 0.4) is 0 Å². The van der Waals surface area contributed by atoms with Crippen LogP contribution in [0.4, 0.5) is 0 Å². The van der Waals surface area contributed by atoms with Crippen molar-refractivity contribution in [3.8, 4) is 52.4 Å². The van der Waals surface area contributed by atoms with Crippen molar-refractivity contribution in [1.29, 1.82) is 0 Å². The summed E-state index contributed by atoms with van der Waals surface area (Å²) in [6.07, 6.45) is 3.54. The van der Waals surface area contributed by atoms with Crippen LogP contribution in [0.15, 0.2) is 30.3 Å². The Hall–Kier alpha value is -4.41. The van der Waals surface area contributed by atoms with Crippen molar-refractivity contribution in [2.45, 2.75) is 78.0 Å². The summed E-state index contributed by atoms with van der Waals surface area (Å²) in [6.45, 7) is 9.83. The van der Waals surface area contributed by atoms with Crippen LogP contribution in [0, 0.1) is 19.5 Å². The fourth-order valence-electron chi connectivity index (χ4n) is 6.04. The van der Waals surface area contributed by atoms with Gasteiger partial charge in [-0.05, 0) is 67.1 Å². The van der Waals surface area contributed by atoms with E-state index in [4.69, 9.17) is 47.7 Å². The first-order valence-corrected chi connectivity index (χ1v) is 15.2. The van der Waals surface area contributed by atoms with Crippen LogP contribution >= 0.6 is 0 Å². The van der Waals surface area contributed by atoms with E-state index < -0.39 is 24.3 Å². The molecule has 0 radical (unpaired) electrons. The van der Waals surface area contributed by atoms with Crippen LogP contribution < -0.4 is 23.7 Å². The maximum atomic E-state index is 11.4. The summed E-state index contributed by atoms with van der Waals surface area (Å²) in [4.78, 5) is 11.4. The molecule has 12 heteroatoms. The Kier molecular flexibility index (Phi) is 11.7. The molecular formula is C35H42O12. The summed E-state index contributed by atoms with van der Waals surface area (Å²) in [5.41, 5.74) is 3.20. The second-order valence-electron chi connectivity index (χ2n) is 10.9. The van der Waals surface area contributed by atoms with Gasteiger partial charge in [-0.25, -0.2) is 0 Å². The molecule has 12 nitrogen and oxygen atoms in total. The maximum Gasteiger partial charge on any atom is 0.293 e. The number of carbonyl (C=O) groups is 1. The molecular weight excluding hydrogens is 612 g/mol. The summed E-state index contributed by atoms with van der Waals surface area (Å²) in [5.74, 6) is 1.96. The molecule has 0 aliphatic carbocycles. The standard InChI is InChI=1S/C31H34O11.C2H2O.C2H6/c1-16-20(13-36-14-33)29(40-27-11-25-30(26(12-32)39-27)42-31(2,3)41-25)19-10-23(35-5)22(34-4)9-18(19)28(16)17-6-7-21-24(8-17)38-15-37-21;1-2-3;1-2/h6-10,14,25-27,30,32H,11-13,15H2,1-5H3;1,3H;1-2H3. The molecule has 2 N–H and O–H groups in total. The number of methoxy groups -OCH3 is 2. The molecule has 0 amide bonds. The Morgan fingerprint density at radius 2 is 1.70 bits per heavy atom. The zero-order valence-corrected chi connectivity index (χ0v) is 27.7. The van der Waals surface area contributed by atoms with Gasteiger partial charge in [-0.15, -0.1) is 0 Å². The lowest BCUT2D eigenvalue weighted by atomic mass is 9.89. The first-order valence-electron chi connectivity index (χ1n) is 15.2. The van der Waals surface area contributed by atoms with Crippen molar-refractivity contribution < 1.29 is 57.6 Å². The van der Waals surface area contributed by atoms with E-state index >= 15 is 0 Å². The van der Waals surface area contributed by atoms with E-state index in [2.05, 4.69) is 6.42 Å². The largest absolute Gasteiger partial charge is 0.493 e. The number of fused-ring (bicyclic) bond motifs is 3. The minimum absolute atomic E-state index is 0.0542. The molecule has 254 valence electrons. The predicted molar refractivity (Wildman–Crippen MR) is 171 cm³/mol. The van der Waals surface area contributed by atoms with Crippen molar-refractivity contribution in [1.82, 2.24) is 0 Å². The van der Waals surface area contributed by atoms with Gasteiger partial charge in [0.15, 0.2) is 28.8 Å². The van der Waals surface area contributed by atoms with E-state index in [-0.39, 0.29) is 26.1 Å². The maximum absolute atomic E-state index is 11.4. The summed E-state index contributed by atoms with van der Waals surface area (Å²) in [5, 5.41) is 18.7. The smallest absolute Gasteiger partial charge is 0.293 e. The van der Waals surface area contributed by atoms with Gasteiger partial charge >= 0.3 is 0 Å². The van der Waals surface area contributed by atoms with Crippen molar-refractivity contribution in [3.63, 3.8) is 0 Å². The third kappa shape index (κ3) is 7.29. The highest BCUT2D eigenvalue weighted by Gasteiger charge is 2.50. The molecule has 2 fully saturated rings. The Morgan fingerprint density at radius 1 is 1.04 bits per heavy atom. The average Bonchev–Trinajstić information content (AvgIpc) is 3.67. The minimum atomic E-state index is -0.816. The third-order valence-corrected chi connectivity index (χ3v) is 7.86. The normalized spacial score (nSPS) is 21.6. The number of hydrogen-bond donors (Lipinski definition) is 2. The van der Waals surface area contributed by atoms with Crippen molar-refractivity contribution >= 4 is 17.2 Å². The topological polar surface area (TPSA) is 141 Å². The van der Waals surface area contributed by atoms with Crippen LogP contribution in [0.5, 0.6) is 28.7 Å². The number of ether oxygens (including phenoxy) is 9. The molecule has 0 saturated carbocycles. The molecule has 4 unspecified atom stereocenters. The van der Waals surface area contributed by atoms with E-state index in [1.165, 1.54) is 6.11 Å². The van der Waals surface area contributed by atoms with Gasteiger partial charge in [0.2, 0.25) is 13.1 Å². The molecule has 2 saturated heterocycles. The van der Waals surface area contributed by atoms with E-state index in [1.807, 2.05) is 65.0 Å². The highest BCUT2D eigenvalue weighted by atomic mass is 16.8. The fraction of sp³-hybridized carbons (Fsp3) is 0.457. The molecule has 3 aliphatic rings. The molecule has 47 heavy (non-hydrogen) atoms. The van der Waals surface area contributed by atoms with Crippen LogP contribution in [0.1, 0.15) is 45.2 Å². The van der Waals surface area contributed by atoms with Gasteiger partial charge in [-0.2, -0.15) is 0 Å². The number of benzene rings is 3. The molecule has 0 aromatic heterocycles. The third-order valence-electron chi connectivity index (χ3n) is 7.86. The Morgan fingerprint density at radius 3 is 2.34 bits per heavy atom. The fourth-order valence-corrected chi connectivity index (χ4v) is 6.04. The molecule has 6 rings (SSSR count). The molecule has 0 spiro atoms. The van der Waals surface area contributed by atoms with Crippen molar-refractivity contribution in [2.24, 2.45) is 0 Å². The van der Waals surface area contributed by atoms with E-state index in [1.54, 1.807) is 14.2 Å². The van der Waals surface area contributed by atoms with E-state index in [0.29, 0.717) is 52.6 Å². The lowest BCUT2D eigenvalue weighted by Crippen LogP contribution is -2.50. The summed E-state index contributed by atoms with van der Waals surface area (Å²) >= 11 is 0. The second-order valence-corrected chi connectivity index (χ2v) is 10.9. The summed E-state index contributed by atoms with van der Waals surface area (Å²) in [7, 11) is 3.13. The quantitative estimate of drug-likeness (QED) is 0.231. The first-order chi connectivity index (χ1) is 22.7. The minimum Gasteiger partial charge on any atom is -0.493 e. The summed E-state index contributed by atoms with van der Waals surface area (Å²) in [6, 6.07) is 9.45. The van der Waals surface area contributed by atoms with Gasteiger partial charge in [0.25, 0.3) is 6.47 Å². The number of carbonyl (C=O) groups excluding carboxylic acids is 1. The lowest BCUT2D eigenvalue weighted by molar-refractivity contribution is -0.207. The van der Waals surface area contributed by atoms with Crippen molar-refractivity contribution in [2.75, 3.05) is 27.6 Å². The number of rotatable bonds is 9. The summed E-state index contributed by atoms with van der Waals surface area (Å²) < 4.78 is 52.7. The van der Waals surface area contributed by atoms with Gasteiger partial charge in [-0.3, -0.25) is 4.79 Å². The van der Waals surface area contributed by atoms with Gasteiger partial charge in [0, 0.05) is 17.4 Å². The zero-order chi connectivity index (χ0) is 34.3. The van der Waals surface area contributed by atoms with Crippen molar-refractivity contribution in [3.05, 3.63) is 41.5 Å². The van der Waals surface area contributed by atoms with E-state index in [9.17, 15) is 9.90 Å². The Balaban J connectivity index is 0.000000947. The molecule has 3 heterocycles. The lowest BCUT2D eigenvalue weighted by Gasteiger charge is -2.36. The van der Waals surface area contributed by atoms with Gasteiger partial charge in [0.05, 0.1) is 26.9 Å². The molecule has 3 aromatic carbocycles. The Bertz CT molecular complexity index is 1590.